The summed E-state index contributed by atoms with van der Waals surface area (Å²) in [5, 5.41) is 0. The summed E-state index contributed by atoms with van der Waals surface area (Å²) in [7, 11) is 0. The highest BCUT2D eigenvalue weighted by atomic mass is 16.6. The van der Waals surface area contributed by atoms with Gasteiger partial charge in [-0.05, 0) is 89.9 Å². The second kappa shape index (κ2) is 69.1. The molecule has 1 unspecified atom stereocenters. The molecule has 0 rings (SSSR count). The van der Waals surface area contributed by atoms with Crippen LogP contribution in [0, 0.1) is 0 Å². The Morgan fingerprint density at radius 2 is 0.481 bits per heavy atom. The summed E-state index contributed by atoms with van der Waals surface area (Å²) >= 11 is 0. The largest absolute Gasteiger partial charge is 0.462 e. The minimum Gasteiger partial charge on any atom is -0.462 e. The number of ether oxygens (including phenoxy) is 3. The van der Waals surface area contributed by atoms with Gasteiger partial charge in [0.15, 0.2) is 6.10 Å². The first-order valence-corrected chi connectivity index (χ1v) is 35.1. The Labute approximate surface area is 503 Å². The minimum atomic E-state index is -0.792. The highest BCUT2D eigenvalue weighted by Gasteiger charge is 2.19. The van der Waals surface area contributed by atoms with Crippen LogP contribution in [0.3, 0.4) is 0 Å². The fraction of sp³-hybridized carbons (Fsp3) is 0.773. The van der Waals surface area contributed by atoms with Crippen molar-refractivity contribution in [1.82, 2.24) is 0 Å². The maximum atomic E-state index is 12.9. The second-order valence-electron chi connectivity index (χ2n) is 23.4. The van der Waals surface area contributed by atoms with Crippen LogP contribution in [0.15, 0.2) is 85.1 Å². The molecule has 0 spiro atoms. The number of hydrogen-bond donors (Lipinski definition) is 0. The van der Waals surface area contributed by atoms with Crippen LogP contribution in [0.1, 0.15) is 355 Å². The number of allylic oxidation sites excluding steroid dienone is 14. The number of esters is 3. The van der Waals surface area contributed by atoms with Crippen molar-refractivity contribution in [2.24, 2.45) is 0 Å². The molecule has 6 heteroatoms. The Hall–Kier alpha value is -3.41. The van der Waals surface area contributed by atoms with E-state index < -0.39 is 6.10 Å². The SMILES string of the molecule is CC/C=C\C/C=C\C/C=C\C/C=C\CCCCCCCCCCCCC(=O)OC(COC(=O)CCCCC/C=C\C/C=C\C/C=C\CC)COC(=O)CCCCCCCCCCCCCCCCCCCCCCCCCCCCC. The molecule has 81 heavy (non-hydrogen) atoms. The van der Waals surface area contributed by atoms with Crippen LogP contribution in [0.4, 0.5) is 0 Å². The molecule has 0 saturated heterocycles. The molecule has 468 valence electrons. The summed E-state index contributed by atoms with van der Waals surface area (Å²) in [6.07, 6.45) is 92.0. The third-order valence-corrected chi connectivity index (χ3v) is 15.4. The van der Waals surface area contributed by atoms with Gasteiger partial charge >= 0.3 is 17.9 Å². The van der Waals surface area contributed by atoms with Crippen molar-refractivity contribution in [2.45, 2.75) is 361 Å². The zero-order chi connectivity index (χ0) is 58.5. The molecule has 0 N–H and O–H groups in total. The topological polar surface area (TPSA) is 78.9 Å². The lowest BCUT2D eigenvalue weighted by Crippen LogP contribution is -2.30. The second-order valence-corrected chi connectivity index (χ2v) is 23.4. The molecule has 0 radical (unpaired) electrons. The molecule has 1 atom stereocenters. The maximum Gasteiger partial charge on any atom is 0.306 e. The average molecular weight is 1130 g/mol. The highest BCUT2D eigenvalue weighted by molar-refractivity contribution is 5.71. The molecule has 0 aromatic heterocycles. The summed E-state index contributed by atoms with van der Waals surface area (Å²) < 4.78 is 16.9. The van der Waals surface area contributed by atoms with Gasteiger partial charge in [-0.15, -0.1) is 0 Å². The van der Waals surface area contributed by atoms with Crippen molar-refractivity contribution in [2.75, 3.05) is 13.2 Å². The first-order chi connectivity index (χ1) is 40.0. The first-order valence-electron chi connectivity index (χ1n) is 35.1. The van der Waals surface area contributed by atoms with Gasteiger partial charge in [0.1, 0.15) is 13.2 Å². The smallest absolute Gasteiger partial charge is 0.306 e. The van der Waals surface area contributed by atoms with Gasteiger partial charge in [0.05, 0.1) is 0 Å². The first kappa shape index (κ1) is 77.6. The van der Waals surface area contributed by atoms with E-state index in [1.54, 1.807) is 0 Å². The quantitative estimate of drug-likeness (QED) is 0.0261. The van der Waals surface area contributed by atoms with Gasteiger partial charge in [-0.1, -0.05) is 331 Å². The van der Waals surface area contributed by atoms with Crippen molar-refractivity contribution in [3.63, 3.8) is 0 Å². The molecule has 0 amide bonds. The van der Waals surface area contributed by atoms with E-state index in [-0.39, 0.29) is 31.1 Å². The Bertz CT molecular complexity index is 1530. The van der Waals surface area contributed by atoms with Gasteiger partial charge in [-0.2, -0.15) is 0 Å². The lowest BCUT2D eigenvalue weighted by Gasteiger charge is -2.18. The van der Waals surface area contributed by atoms with Gasteiger partial charge in [0.2, 0.25) is 0 Å². The zero-order valence-corrected chi connectivity index (χ0v) is 53.8. The Morgan fingerprint density at radius 3 is 0.765 bits per heavy atom. The van der Waals surface area contributed by atoms with Crippen LogP contribution in [0.25, 0.3) is 0 Å². The van der Waals surface area contributed by atoms with Crippen LogP contribution in [-0.4, -0.2) is 37.2 Å². The summed E-state index contributed by atoms with van der Waals surface area (Å²) in [5.41, 5.74) is 0. The number of hydrogen-bond acceptors (Lipinski definition) is 6. The van der Waals surface area contributed by atoms with Crippen molar-refractivity contribution >= 4 is 17.9 Å². The zero-order valence-electron chi connectivity index (χ0n) is 53.8. The van der Waals surface area contributed by atoms with Gasteiger partial charge < -0.3 is 14.2 Å². The van der Waals surface area contributed by atoms with Crippen LogP contribution in [0.2, 0.25) is 0 Å². The standard InChI is InChI=1S/C75H132O6/c1-4-7-10-13-16-19-22-25-27-29-31-33-35-36-37-38-40-41-43-45-47-50-53-56-59-62-65-68-74(77)80-71-72(70-79-73(76)67-64-61-58-55-52-49-24-21-18-15-12-9-6-3)81-75(78)69-66-63-60-57-54-51-48-46-44-42-39-34-32-30-28-26-23-20-17-14-11-8-5-2/h8-9,11-12,17-18,20-21,26,28,32,34,49,52,72H,4-7,10,13-16,19,22-25,27,29-31,33,35-48,50-51,53-71H2,1-3H3/b11-8-,12-9-,20-17-,21-18-,28-26-,34-32-,52-49-. The molecule has 0 aliphatic heterocycles. The minimum absolute atomic E-state index is 0.0846. The molecule has 0 aromatic rings. The summed E-state index contributed by atoms with van der Waals surface area (Å²) in [6, 6.07) is 0. The number of unbranched alkanes of at least 4 members (excludes halogenated alkanes) is 39. The van der Waals surface area contributed by atoms with Crippen LogP contribution < -0.4 is 0 Å². The monoisotopic (exact) mass is 1130 g/mol. The van der Waals surface area contributed by atoms with E-state index in [4.69, 9.17) is 14.2 Å². The summed E-state index contributed by atoms with van der Waals surface area (Å²) in [4.78, 5) is 38.4. The predicted molar refractivity (Wildman–Crippen MR) is 353 cm³/mol. The van der Waals surface area contributed by atoms with Crippen LogP contribution in [0.5, 0.6) is 0 Å². The summed E-state index contributed by atoms with van der Waals surface area (Å²) in [6.45, 7) is 6.44. The Morgan fingerprint density at radius 1 is 0.259 bits per heavy atom. The third kappa shape index (κ3) is 67.3. The van der Waals surface area contributed by atoms with Gasteiger partial charge in [-0.25, -0.2) is 0 Å². The molecule has 0 aliphatic rings. The van der Waals surface area contributed by atoms with Crippen molar-refractivity contribution in [3.05, 3.63) is 85.1 Å². The fourth-order valence-electron chi connectivity index (χ4n) is 10.2. The lowest BCUT2D eigenvalue weighted by molar-refractivity contribution is -0.167. The van der Waals surface area contributed by atoms with Crippen molar-refractivity contribution < 1.29 is 28.6 Å². The molecule has 0 fully saturated rings. The highest BCUT2D eigenvalue weighted by Crippen LogP contribution is 2.18. The molecule has 0 aromatic carbocycles. The van der Waals surface area contributed by atoms with E-state index in [2.05, 4.69) is 106 Å². The molecular formula is C75H132O6. The maximum absolute atomic E-state index is 12.9. The third-order valence-electron chi connectivity index (χ3n) is 15.4. The molecule has 0 heterocycles. The molecule has 0 saturated carbocycles. The molecule has 6 nitrogen and oxygen atoms in total. The number of carbonyl (C=O) groups excluding carboxylic acids is 3. The molecule has 0 aliphatic carbocycles. The average Bonchev–Trinajstić information content (AvgIpc) is 3.46. The van der Waals surface area contributed by atoms with Gasteiger partial charge in [0, 0.05) is 19.3 Å². The van der Waals surface area contributed by atoms with E-state index in [0.29, 0.717) is 19.3 Å². The Kier molecular flexibility index (Phi) is 66.2. The predicted octanol–water partition coefficient (Wildman–Crippen LogP) is 24.2. The van der Waals surface area contributed by atoms with E-state index in [1.807, 2.05) is 0 Å². The van der Waals surface area contributed by atoms with Crippen molar-refractivity contribution in [3.8, 4) is 0 Å². The summed E-state index contributed by atoms with van der Waals surface area (Å²) in [5.74, 6) is -0.902. The van der Waals surface area contributed by atoms with E-state index in [1.165, 1.54) is 205 Å². The fourth-order valence-corrected chi connectivity index (χ4v) is 10.2. The van der Waals surface area contributed by atoms with Crippen molar-refractivity contribution in [1.29, 1.82) is 0 Å². The van der Waals surface area contributed by atoms with Crippen LogP contribution in [-0.2, 0) is 28.6 Å². The van der Waals surface area contributed by atoms with Gasteiger partial charge in [0.25, 0.3) is 0 Å². The number of carbonyl (C=O) groups is 3. The van der Waals surface area contributed by atoms with Gasteiger partial charge in [-0.3, -0.25) is 14.4 Å². The van der Waals surface area contributed by atoms with E-state index >= 15 is 0 Å². The van der Waals surface area contributed by atoms with Crippen LogP contribution >= 0.6 is 0 Å². The molecule has 0 bridgehead atoms. The van der Waals surface area contributed by atoms with E-state index in [0.717, 1.165) is 109 Å². The Balaban J connectivity index is 4.25. The lowest BCUT2D eigenvalue weighted by atomic mass is 10.0. The normalized spacial score (nSPS) is 12.6. The molecular weight excluding hydrogens is 997 g/mol. The number of rotatable bonds is 64. The van der Waals surface area contributed by atoms with E-state index in [9.17, 15) is 14.4 Å².